The summed E-state index contributed by atoms with van der Waals surface area (Å²) >= 11 is 0. The van der Waals surface area contributed by atoms with E-state index in [-0.39, 0.29) is 6.04 Å². The molecule has 3 rings (SSSR count). The summed E-state index contributed by atoms with van der Waals surface area (Å²) in [6.07, 6.45) is 0.971. The van der Waals surface area contributed by atoms with E-state index in [1.807, 2.05) is 26.0 Å². The molecule has 5 nitrogen and oxygen atoms in total. The summed E-state index contributed by atoms with van der Waals surface area (Å²) in [5.74, 6) is 2.24. The van der Waals surface area contributed by atoms with Gasteiger partial charge in [-0.25, -0.2) is 0 Å². The molecule has 0 saturated carbocycles. The van der Waals surface area contributed by atoms with Crippen LogP contribution in [0.3, 0.4) is 0 Å². The summed E-state index contributed by atoms with van der Waals surface area (Å²) in [6.45, 7) is 4.58. The highest BCUT2D eigenvalue weighted by Crippen LogP contribution is 2.29. The summed E-state index contributed by atoms with van der Waals surface area (Å²) in [6, 6.07) is 6.11. The molecule has 1 aliphatic heterocycles. The van der Waals surface area contributed by atoms with Crippen LogP contribution in [0.1, 0.15) is 30.2 Å². The molecule has 2 heterocycles. The average Bonchev–Trinajstić information content (AvgIpc) is 2.96. The molecule has 0 aliphatic carbocycles. The molecule has 18 heavy (non-hydrogen) atoms. The Morgan fingerprint density at radius 2 is 2.28 bits per heavy atom. The molecule has 0 radical (unpaired) electrons. The van der Waals surface area contributed by atoms with Crippen LogP contribution in [0.2, 0.25) is 0 Å². The first kappa shape index (κ1) is 11.1. The minimum Gasteiger partial charge on any atom is -0.493 e. The first-order valence-electron chi connectivity index (χ1n) is 6.05. The highest BCUT2D eigenvalue weighted by atomic mass is 16.5. The second kappa shape index (κ2) is 4.33. The molecule has 0 fully saturated rings. The van der Waals surface area contributed by atoms with Crippen LogP contribution in [0.4, 0.5) is 5.69 Å². The van der Waals surface area contributed by atoms with Gasteiger partial charge in [0.25, 0.3) is 0 Å². The zero-order valence-corrected chi connectivity index (χ0v) is 10.4. The molecule has 0 bridgehead atoms. The molecule has 2 aromatic rings. The van der Waals surface area contributed by atoms with Gasteiger partial charge in [0.15, 0.2) is 5.82 Å². The van der Waals surface area contributed by atoms with Crippen molar-refractivity contribution in [2.75, 3.05) is 11.9 Å². The van der Waals surface area contributed by atoms with E-state index >= 15 is 0 Å². The van der Waals surface area contributed by atoms with Crippen LogP contribution in [0.25, 0.3) is 0 Å². The lowest BCUT2D eigenvalue weighted by Crippen LogP contribution is -2.07. The van der Waals surface area contributed by atoms with Crippen LogP contribution >= 0.6 is 0 Å². The smallest absolute Gasteiger partial charge is 0.248 e. The molecular weight excluding hydrogens is 230 g/mol. The minimum absolute atomic E-state index is 0.00780. The Hall–Kier alpha value is -2.04. The van der Waals surface area contributed by atoms with E-state index in [9.17, 15) is 0 Å². The third kappa shape index (κ3) is 2.03. The fraction of sp³-hybridized carbons (Fsp3) is 0.385. The summed E-state index contributed by atoms with van der Waals surface area (Å²) in [4.78, 5) is 4.21. The van der Waals surface area contributed by atoms with Crippen LogP contribution in [0.5, 0.6) is 5.75 Å². The Bertz CT molecular complexity index is 565. The van der Waals surface area contributed by atoms with Crippen molar-refractivity contribution in [2.45, 2.75) is 26.3 Å². The number of hydrogen-bond donors (Lipinski definition) is 1. The maximum Gasteiger partial charge on any atom is 0.248 e. The summed E-state index contributed by atoms with van der Waals surface area (Å²) in [7, 11) is 0. The predicted molar refractivity (Wildman–Crippen MR) is 66.7 cm³/mol. The quantitative estimate of drug-likeness (QED) is 0.900. The molecule has 1 aromatic carbocycles. The van der Waals surface area contributed by atoms with Crippen molar-refractivity contribution in [3.8, 4) is 5.75 Å². The van der Waals surface area contributed by atoms with Crippen LogP contribution < -0.4 is 10.1 Å². The maximum absolute atomic E-state index is 5.48. The maximum atomic E-state index is 5.48. The summed E-state index contributed by atoms with van der Waals surface area (Å²) < 4.78 is 10.6. The van der Waals surface area contributed by atoms with Crippen molar-refractivity contribution < 1.29 is 9.26 Å². The zero-order chi connectivity index (χ0) is 12.5. The van der Waals surface area contributed by atoms with Gasteiger partial charge < -0.3 is 14.6 Å². The van der Waals surface area contributed by atoms with Crippen molar-refractivity contribution >= 4 is 5.69 Å². The van der Waals surface area contributed by atoms with Gasteiger partial charge in [-0.15, -0.1) is 0 Å². The number of nitrogens with one attached hydrogen (secondary N) is 1. The average molecular weight is 245 g/mol. The van der Waals surface area contributed by atoms with Gasteiger partial charge in [-0.2, -0.15) is 4.98 Å². The minimum atomic E-state index is -0.00780. The number of anilines is 1. The molecule has 0 unspecified atom stereocenters. The van der Waals surface area contributed by atoms with Crippen LogP contribution in [0, 0.1) is 6.92 Å². The van der Waals surface area contributed by atoms with Crippen molar-refractivity contribution in [3.05, 3.63) is 35.5 Å². The topological polar surface area (TPSA) is 60.2 Å². The Labute approximate surface area is 105 Å². The lowest BCUT2D eigenvalue weighted by atomic mass is 10.1. The number of ether oxygens (including phenoxy) is 1. The number of hydrogen-bond acceptors (Lipinski definition) is 5. The molecule has 1 N–H and O–H groups in total. The lowest BCUT2D eigenvalue weighted by Gasteiger charge is -2.12. The van der Waals surface area contributed by atoms with E-state index < -0.39 is 0 Å². The van der Waals surface area contributed by atoms with Gasteiger partial charge in [0.1, 0.15) is 11.8 Å². The van der Waals surface area contributed by atoms with Gasteiger partial charge in [-0.1, -0.05) is 5.16 Å². The highest BCUT2D eigenvalue weighted by Gasteiger charge is 2.15. The molecule has 1 aliphatic rings. The standard InChI is InChI=1S/C13H15N3O2/c1-8(13-15-9(2)16-18-13)14-11-3-4-12-10(7-11)5-6-17-12/h3-4,7-8,14H,5-6H2,1-2H3/t8-/m0/s1. The predicted octanol–water partition coefficient (Wildman–Crippen LogP) is 2.49. The molecule has 1 aromatic heterocycles. The van der Waals surface area contributed by atoms with Crippen molar-refractivity contribution in [2.24, 2.45) is 0 Å². The Balaban J connectivity index is 1.76. The third-order valence-corrected chi connectivity index (χ3v) is 2.99. The van der Waals surface area contributed by atoms with E-state index in [1.54, 1.807) is 0 Å². The highest BCUT2D eigenvalue weighted by molar-refractivity contribution is 5.53. The van der Waals surface area contributed by atoms with Gasteiger partial charge in [0.05, 0.1) is 6.61 Å². The normalized spacial score (nSPS) is 15.0. The molecule has 0 amide bonds. The van der Waals surface area contributed by atoms with E-state index in [0.717, 1.165) is 24.5 Å². The molecule has 94 valence electrons. The molecule has 0 saturated heterocycles. The first-order chi connectivity index (χ1) is 8.72. The van der Waals surface area contributed by atoms with Gasteiger partial charge in [-0.05, 0) is 37.6 Å². The number of nitrogens with zero attached hydrogens (tertiary/aromatic N) is 2. The summed E-state index contributed by atoms with van der Waals surface area (Å²) in [5.41, 5.74) is 2.29. The third-order valence-electron chi connectivity index (χ3n) is 2.99. The Morgan fingerprint density at radius 3 is 3.06 bits per heavy atom. The van der Waals surface area contributed by atoms with Crippen LogP contribution in [-0.2, 0) is 6.42 Å². The molecule has 0 spiro atoms. The van der Waals surface area contributed by atoms with Gasteiger partial charge in [0, 0.05) is 12.1 Å². The van der Waals surface area contributed by atoms with Crippen molar-refractivity contribution in [3.63, 3.8) is 0 Å². The van der Waals surface area contributed by atoms with E-state index in [1.165, 1.54) is 5.56 Å². The van der Waals surface area contributed by atoms with E-state index in [2.05, 4.69) is 21.5 Å². The number of aromatic nitrogens is 2. The molecule has 5 heteroatoms. The van der Waals surface area contributed by atoms with Crippen LogP contribution in [-0.4, -0.2) is 16.7 Å². The second-order valence-electron chi connectivity index (χ2n) is 4.47. The van der Waals surface area contributed by atoms with E-state index in [0.29, 0.717) is 11.7 Å². The monoisotopic (exact) mass is 245 g/mol. The van der Waals surface area contributed by atoms with Gasteiger partial charge >= 0.3 is 0 Å². The first-order valence-corrected chi connectivity index (χ1v) is 6.05. The SMILES string of the molecule is Cc1noc([C@H](C)Nc2ccc3c(c2)CCO3)n1. The van der Waals surface area contributed by atoms with E-state index in [4.69, 9.17) is 9.26 Å². The lowest BCUT2D eigenvalue weighted by molar-refractivity contribution is 0.357. The fourth-order valence-corrected chi connectivity index (χ4v) is 2.08. The summed E-state index contributed by atoms with van der Waals surface area (Å²) in [5, 5.41) is 7.14. The van der Waals surface area contributed by atoms with Crippen molar-refractivity contribution in [1.29, 1.82) is 0 Å². The van der Waals surface area contributed by atoms with Crippen LogP contribution in [0.15, 0.2) is 22.7 Å². The Morgan fingerprint density at radius 1 is 1.39 bits per heavy atom. The number of aryl methyl sites for hydroxylation is 1. The number of rotatable bonds is 3. The number of benzene rings is 1. The largest absolute Gasteiger partial charge is 0.493 e. The second-order valence-corrected chi connectivity index (χ2v) is 4.47. The van der Waals surface area contributed by atoms with Gasteiger partial charge in [0.2, 0.25) is 5.89 Å². The molecular formula is C13H15N3O2. The zero-order valence-electron chi connectivity index (χ0n) is 10.4. The number of fused-ring (bicyclic) bond motifs is 1. The van der Waals surface area contributed by atoms with Gasteiger partial charge in [-0.3, -0.25) is 0 Å². The Kier molecular flexibility index (Phi) is 2.66. The van der Waals surface area contributed by atoms with Crippen molar-refractivity contribution in [1.82, 2.24) is 10.1 Å². The molecule has 1 atom stereocenters. The fourth-order valence-electron chi connectivity index (χ4n) is 2.08.